The highest BCUT2D eigenvalue weighted by molar-refractivity contribution is 8.00. The number of nitrogens with one attached hydrogen (secondary N) is 1. The van der Waals surface area contributed by atoms with Gasteiger partial charge in [0.1, 0.15) is 46.7 Å². The third-order valence-corrected chi connectivity index (χ3v) is 4.42. The number of hydrogen-bond acceptors (Lipinski definition) is 9. The van der Waals surface area contributed by atoms with Crippen LogP contribution in [0.3, 0.4) is 0 Å². The number of H-pyrrole nitrogens is 1. The number of hydrogen-bond donors (Lipinski definition) is 5. The van der Waals surface area contributed by atoms with Gasteiger partial charge >= 0.3 is 0 Å². The zero-order valence-electron chi connectivity index (χ0n) is 10.7. The predicted molar refractivity (Wildman–Crippen MR) is 71.3 cm³/mol. The molecule has 0 bridgehead atoms. The Hall–Kier alpha value is -1.30. The van der Waals surface area contributed by atoms with Crippen LogP contribution in [0, 0.1) is 0 Å². The number of fused-ring (bicyclic) bond motifs is 1. The lowest BCUT2D eigenvalue weighted by Gasteiger charge is -2.39. The Balaban J connectivity index is 1.85. The summed E-state index contributed by atoms with van der Waals surface area (Å²) in [5.41, 5.74) is 0.165. The summed E-state index contributed by atoms with van der Waals surface area (Å²) in [5.74, 6) is 0. The molecule has 114 valence electrons. The van der Waals surface area contributed by atoms with Gasteiger partial charge in [-0.3, -0.25) is 0 Å². The van der Waals surface area contributed by atoms with E-state index in [0.717, 1.165) is 11.8 Å². The number of aromatic nitrogens is 4. The van der Waals surface area contributed by atoms with Crippen LogP contribution in [0.4, 0.5) is 0 Å². The molecule has 21 heavy (non-hydrogen) atoms. The summed E-state index contributed by atoms with van der Waals surface area (Å²) >= 11 is 1.05. The van der Waals surface area contributed by atoms with Gasteiger partial charge in [-0.25, -0.2) is 15.0 Å². The minimum Gasteiger partial charge on any atom is -0.394 e. The summed E-state index contributed by atoms with van der Waals surface area (Å²) in [4.78, 5) is 14.9. The van der Waals surface area contributed by atoms with E-state index < -0.39 is 36.5 Å². The maximum Gasteiger partial charge on any atom is 0.181 e. The summed E-state index contributed by atoms with van der Waals surface area (Å²) in [5, 5.41) is 39.1. The average Bonchev–Trinajstić information content (AvgIpc) is 2.97. The first kappa shape index (κ1) is 14.6. The highest BCUT2D eigenvalue weighted by atomic mass is 32.2. The van der Waals surface area contributed by atoms with Crippen molar-refractivity contribution in [3.63, 3.8) is 0 Å². The molecule has 5 atom stereocenters. The van der Waals surface area contributed by atoms with Gasteiger partial charge in [-0.15, -0.1) is 0 Å². The fourth-order valence-electron chi connectivity index (χ4n) is 2.11. The molecule has 0 amide bonds. The van der Waals surface area contributed by atoms with Crippen molar-refractivity contribution in [2.24, 2.45) is 0 Å². The molecule has 1 fully saturated rings. The molecular formula is C11H14N4O5S. The van der Waals surface area contributed by atoms with Crippen molar-refractivity contribution in [1.82, 2.24) is 19.9 Å². The van der Waals surface area contributed by atoms with E-state index in [1.165, 1.54) is 12.7 Å². The van der Waals surface area contributed by atoms with Crippen LogP contribution in [-0.4, -0.2) is 76.8 Å². The molecule has 3 rings (SSSR count). The number of rotatable bonds is 3. The second-order valence-electron chi connectivity index (χ2n) is 4.60. The second kappa shape index (κ2) is 5.83. The molecule has 5 N–H and O–H groups in total. The van der Waals surface area contributed by atoms with Crippen LogP contribution in [0.25, 0.3) is 11.2 Å². The lowest BCUT2D eigenvalue weighted by Crippen LogP contribution is -2.57. The molecule has 1 aliphatic heterocycles. The number of aromatic amines is 1. The van der Waals surface area contributed by atoms with E-state index >= 15 is 0 Å². The van der Waals surface area contributed by atoms with E-state index in [-0.39, 0.29) is 0 Å². The maximum atomic E-state index is 10.00. The van der Waals surface area contributed by atoms with Crippen molar-refractivity contribution in [2.75, 3.05) is 6.61 Å². The summed E-state index contributed by atoms with van der Waals surface area (Å²) < 4.78 is 5.42. The average molecular weight is 314 g/mol. The monoisotopic (exact) mass is 314 g/mol. The molecular weight excluding hydrogens is 300 g/mol. The van der Waals surface area contributed by atoms with Crippen molar-refractivity contribution in [2.45, 2.75) is 34.9 Å². The molecule has 0 spiro atoms. The van der Waals surface area contributed by atoms with E-state index in [2.05, 4.69) is 19.9 Å². The lowest BCUT2D eigenvalue weighted by atomic mass is 10.0. The Morgan fingerprint density at radius 3 is 2.71 bits per heavy atom. The highest BCUT2D eigenvalue weighted by Crippen LogP contribution is 2.34. The molecule has 1 saturated heterocycles. The molecule has 2 aromatic rings. The van der Waals surface area contributed by atoms with Crippen molar-refractivity contribution in [3.05, 3.63) is 12.7 Å². The molecule has 1 aliphatic rings. The zero-order chi connectivity index (χ0) is 15.0. The van der Waals surface area contributed by atoms with E-state index in [1.807, 2.05) is 0 Å². The molecule has 0 saturated carbocycles. The Morgan fingerprint density at radius 1 is 1.14 bits per heavy atom. The van der Waals surface area contributed by atoms with Crippen LogP contribution in [0.15, 0.2) is 17.7 Å². The van der Waals surface area contributed by atoms with Crippen LogP contribution in [-0.2, 0) is 4.74 Å². The number of aliphatic hydroxyl groups is 4. The Morgan fingerprint density at radius 2 is 1.95 bits per heavy atom. The van der Waals surface area contributed by atoms with Crippen molar-refractivity contribution in [3.8, 4) is 0 Å². The molecule has 3 heterocycles. The molecule has 9 nitrogen and oxygen atoms in total. The van der Waals surface area contributed by atoms with Gasteiger partial charge in [0.05, 0.1) is 12.9 Å². The quantitative estimate of drug-likeness (QED) is 0.416. The van der Waals surface area contributed by atoms with Crippen molar-refractivity contribution < 1.29 is 25.2 Å². The molecule has 0 radical (unpaired) electrons. The molecule has 2 aromatic heterocycles. The molecule has 0 aliphatic carbocycles. The van der Waals surface area contributed by atoms with Gasteiger partial charge in [-0.1, -0.05) is 11.8 Å². The van der Waals surface area contributed by atoms with Crippen LogP contribution in [0.1, 0.15) is 0 Å². The zero-order valence-corrected chi connectivity index (χ0v) is 11.5. The first-order chi connectivity index (χ1) is 10.1. The van der Waals surface area contributed by atoms with Gasteiger partial charge in [0.25, 0.3) is 0 Å². The highest BCUT2D eigenvalue weighted by Gasteiger charge is 2.44. The SMILES string of the molecule is OCC1OC(Sc2ncnc3nc[nH]c23)C(O)C(O)C1O. The van der Waals surface area contributed by atoms with Gasteiger partial charge < -0.3 is 30.1 Å². The third-order valence-electron chi connectivity index (χ3n) is 3.26. The Bertz CT molecular complexity index is 623. The first-order valence-electron chi connectivity index (χ1n) is 6.23. The topological polar surface area (TPSA) is 145 Å². The number of nitrogens with zero attached hydrogens (tertiary/aromatic N) is 3. The maximum absolute atomic E-state index is 10.00. The van der Waals surface area contributed by atoms with E-state index in [0.29, 0.717) is 16.2 Å². The van der Waals surface area contributed by atoms with Gasteiger partial charge in [0.15, 0.2) is 5.65 Å². The molecule has 5 unspecified atom stereocenters. The van der Waals surface area contributed by atoms with E-state index in [1.54, 1.807) is 0 Å². The Labute approximate surface area is 123 Å². The Kier molecular flexibility index (Phi) is 4.06. The van der Waals surface area contributed by atoms with Crippen LogP contribution < -0.4 is 0 Å². The summed E-state index contributed by atoms with van der Waals surface area (Å²) in [6.07, 6.45) is -2.25. The van der Waals surface area contributed by atoms with Crippen LogP contribution in [0.5, 0.6) is 0 Å². The van der Waals surface area contributed by atoms with Crippen molar-refractivity contribution in [1.29, 1.82) is 0 Å². The second-order valence-corrected chi connectivity index (χ2v) is 5.68. The van der Waals surface area contributed by atoms with Crippen molar-refractivity contribution >= 4 is 22.9 Å². The standard InChI is InChI=1S/C11H14N4O5S/c16-1-4-6(17)7(18)8(19)11(20-4)21-10-5-9(13-2-12-5)14-3-15-10/h2-4,6-8,11,16-19H,1H2,(H,12,13,14,15). The summed E-state index contributed by atoms with van der Waals surface area (Å²) in [6, 6.07) is 0. The predicted octanol–water partition coefficient (Wildman–Crippen LogP) is -1.76. The number of aliphatic hydroxyl groups excluding tert-OH is 4. The molecule has 10 heteroatoms. The summed E-state index contributed by atoms with van der Waals surface area (Å²) in [6.45, 7) is -0.467. The smallest absolute Gasteiger partial charge is 0.181 e. The minimum absolute atomic E-state index is 0.467. The number of imidazole rings is 1. The number of ether oxygens (including phenoxy) is 1. The van der Waals surface area contributed by atoms with Crippen LogP contribution in [0.2, 0.25) is 0 Å². The molecule has 0 aromatic carbocycles. The minimum atomic E-state index is -1.41. The third kappa shape index (κ3) is 2.61. The van der Waals surface area contributed by atoms with Gasteiger partial charge in [-0.05, 0) is 0 Å². The summed E-state index contributed by atoms with van der Waals surface area (Å²) in [7, 11) is 0. The lowest BCUT2D eigenvalue weighted by molar-refractivity contribution is -0.205. The van der Waals surface area contributed by atoms with Gasteiger partial charge in [0, 0.05) is 0 Å². The van der Waals surface area contributed by atoms with E-state index in [4.69, 9.17) is 9.84 Å². The van der Waals surface area contributed by atoms with Gasteiger partial charge in [-0.2, -0.15) is 0 Å². The normalized spacial score (nSPS) is 33.4. The fraction of sp³-hybridized carbons (Fsp3) is 0.545. The fourth-order valence-corrected chi connectivity index (χ4v) is 3.20. The largest absolute Gasteiger partial charge is 0.394 e. The van der Waals surface area contributed by atoms with E-state index in [9.17, 15) is 15.3 Å². The van der Waals surface area contributed by atoms with Crippen LogP contribution >= 0.6 is 11.8 Å². The van der Waals surface area contributed by atoms with Gasteiger partial charge in [0.2, 0.25) is 0 Å². The first-order valence-corrected chi connectivity index (χ1v) is 7.11. The number of thioether (sulfide) groups is 1.